The second-order valence-electron chi connectivity index (χ2n) is 6.59. The summed E-state index contributed by atoms with van der Waals surface area (Å²) in [6, 6.07) is 10.5. The van der Waals surface area contributed by atoms with Gasteiger partial charge in [-0.15, -0.1) is 0 Å². The lowest BCUT2D eigenvalue weighted by Crippen LogP contribution is -2.39. The van der Waals surface area contributed by atoms with Crippen molar-refractivity contribution in [3.05, 3.63) is 54.9 Å². The monoisotopic (exact) mass is 337 g/mol. The Hall–Kier alpha value is -2.47. The first-order valence-electron chi connectivity index (χ1n) is 8.96. The van der Waals surface area contributed by atoms with Crippen LogP contribution in [0.1, 0.15) is 31.5 Å². The zero-order valence-corrected chi connectivity index (χ0v) is 14.3. The van der Waals surface area contributed by atoms with Crippen LogP contribution in [-0.4, -0.2) is 37.2 Å². The molecule has 2 aromatic heterocycles. The predicted octanol–water partition coefficient (Wildman–Crippen LogP) is 3.38. The van der Waals surface area contributed by atoms with Crippen molar-refractivity contribution in [3.63, 3.8) is 0 Å². The Morgan fingerprint density at radius 2 is 2.08 bits per heavy atom. The Balaban J connectivity index is 1.40. The van der Waals surface area contributed by atoms with Crippen molar-refractivity contribution >= 4 is 0 Å². The Kier molecular flexibility index (Phi) is 4.88. The van der Waals surface area contributed by atoms with Gasteiger partial charge in [0.25, 0.3) is 5.89 Å². The topological polar surface area (TPSA) is 60.0 Å². The molecule has 1 saturated heterocycles. The van der Waals surface area contributed by atoms with E-state index < -0.39 is 0 Å². The standard InChI is InChI=1S/C19H23N5O/c1-2-6-16(7-3-1)19-21-18(22-25-19)14-24-11-5-4-8-17(24)9-12-23-13-10-20-15-23/h1-3,6-7,10,13,15,17H,4-5,8-9,11-12,14H2. The first-order chi connectivity index (χ1) is 12.4. The second kappa shape index (κ2) is 7.61. The van der Waals surface area contributed by atoms with Crippen molar-refractivity contribution in [1.82, 2.24) is 24.6 Å². The van der Waals surface area contributed by atoms with Crippen molar-refractivity contribution in [2.45, 2.75) is 44.8 Å². The molecule has 25 heavy (non-hydrogen) atoms. The van der Waals surface area contributed by atoms with Crippen molar-refractivity contribution in [2.75, 3.05) is 6.54 Å². The van der Waals surface area contributed by atoms with Crippen LogP contribution in [0.15, 0.2) is 53.6 Å². The molecule has 3 heterocycles. The summed E-state index contributed by atoms with van der Waals surface area (Å²) in [5.74, 6) is 1.37. The fraction of sp³-hybridized carbons (Fsp3) is 0.421. The number of hydrogen-bond acceptors (Lipinski definition) is 5. The van der Waals surface area contributed by atoms with Gasteiger partial charge in [-0.05, 0) is 37.9 Å². The van der Waals surface area contributed by atoms with Gasteiger partial charge in [-0.25, -0.2) is 4.98 Å². The Morgan fingerprint density at radius 1 is 1.16 bits per heavy atom. The lowest BCUT2D eigenvalue weighted by atomic mass is 9.99. The van der Waals surface area contributed by atoms with Gasteiger partial charge in [0.05, 0.1) is 12.9 Å². The Morgan fingerprint density at radius 3 is 2.92 bits per heavy atom. The molecule has 1 aromatic carbocycles. The third kappa shape index (κ3) is 3.96. The third-order valence-corrected chi connectivity index (χ3v) is 4.86. The van der Waals surface area contributed by atoms with Gasteiger partial charge in [0.1, 0.15) is 0 Å². The molecule has 6 heteroatoms. The highest BCUT2D eigenvalue weighted by Crippen LogP contribution is 2.23. The number of aryl methyl sites for hydroxylation is 1. The summed E-state index contributed by atoms with van der Waals surface area (Å²) in [5.41, 5.74) is 0.969. The molecule has 1 atom stereocenters. The van der Waals surface area contributed by atoms with Gasteiger partial charge in [-0.1, -0.05) is 29.8 Å². The summed E-state index contributed by atoms with van der Waals surface area (Å²) in [7, 11) is 0. The van der Waals surface area contributed by atoms with Gasteiger partial charge in [0.15, 0.2) is 5.82 Å². The quantitative estimate of drug-likeness (QED) is 0.690. The molecule has 0 saturated carbocycles. The van der Waals surface area contributed by atoms with Crippen LogP contribution in [0.25, 0.3) is 11.5 Å². The van der Waals surface area contributed by atoms with E-state index in [0.29, 0.717) is 11.9 Å². The van der Waals surface area contributed by atoms with Crippen LogP contribution in [0.4, 0.5) is 0 Å². The average molecular weight is 337 g/mol. The van der Waals surface area contributed by atoms with E-state index in [-0.39, 0.29) is 0 Å². The molecule has 1 aliphatic heterocycles. The minimum atomic E-state index is 0.565. The van der Waals surface area contributed by atoms with Gasteiger partial charge in [-0.3, -0.25) is 4.90 Å². The maximum Gasteiger partial charge on any atom is 0.257 e. The van der Waals surface area contributed by atoms with E-state index in [1.54, 1.807) is 0 Å². The first-order valence-corrected chi connectivity index (χ1v) is 8.96. The van der Waals surface area contributed by atoms with Gasteiger partial charge in [0, 0.05) is 30.5 Å². The highest BCUT2D eigenvalue weighted by atomic mass is 16.5. The fourth-order valence-electron chi connectivity index (χ4n) is 3.51. The van der Waals surface area contributed by atoms with Crippen LogP contribution in [0, 0.1) is 0 Å². The van der Waals surface area contributed by atoms with E-state index in [1.807, 2.05) is 49.1 Å². The molecule has 130 valence electrons. The summed E-state index contributed by atoms with van der Waals surface area (Å²) in [6.45, 7) is 2.86. The van der Waals surface area contributed by atoms with Gasteiger partial charge in [-0.2, -0.15) is 4.98 Å². The maximum absolute atomic E-state index is 5.45. The first kappa shape index (κ1) is 16.0. The number of nitrogens with zero attached hydrogens (tertiary/aromatic N) is 5. The number of imidazole rings is 1. The highest BCUT2D eigenvalue weighted by molar-refractivity contribution is 5.51. The molecule has 0 bridgehead atoms. The van der Waals surface area contributed by atoms with E-state index in [0.717, 1.165) is 37.4 Å². The van der Waals surface area contributed by atoms with Crippen molar-refractivity contribution in [2.24, 2.45) is 0 Å². The van der Waals surface area contributed by atoms with Crippen LogP contribution >= 0.6 is 0 Å². The number of piperidine rings is 1. The van der Waals surface area contributed by atoms with E-state index in [1.165, 1.54) is 19.3 Å². The smallest absolute Gasteiger partial charge is 0.257 e. The van der Waals surface area contributed by atoms with Crippen molar-refractivity contribution in [3.8, 4) is 11.5 Å². The molecule has 0 spiro atoms. The number of likely N-dealkylation sites (tertiary alicyclic amines) is 1. The summed E-state index contributed by atoms with van der Waals surface area (Å²) >= 11 is 0. The number of benzene rings is 1. The van der Waals surface area contributed by atoms with E-state index in [4.69, 9.17) is 4.52 Å². The molecular weight excluding hydrogens is 314 g/mol. The average Bonchev–Trinajstić information content (AvgIpc) is 3.34. The third-order valence-electron chi connectivity index (χ3n) is 4.86. The molecule has 1 fully saturated rings. The minimum Gasteiger partial charge on any atom is -0.337 e. The highest BCUT2D eigenvalue weighted by Gasteiger charge is 2.24. The molecule has 1 aliphatic rings. The Labute approximate surface area is 147 Å². The molecule has 0 radical (unpaired) electrons. The second-order valence-corrected chi connectivity index (χ2v) is 6.59. The largest absolute Gasteiger partial charge is 0.337 e. The number of hydrogen-bond donors (Lipinski definition) is 0. The summed E-state index contributed by atoms with van der Waals surface area (Å²) in [6.07, 6.45) is 10.6. The SMILES string of the molecule is c1ccc(-c2nc(CN3CCCCC3CCn3ccnc3)no2)cc1. The molecule has 3 aromatic rings. The van der Waals surface area contributed by atoms with Gasteiger partial charge >= 0.3 is 0 Å². The lowest BCUT2D eigenvalue weighted by molar-refractivity contribution is 0.124. The Bertz CT molecular complexity index is 768. The van der Waals surface area contributed by atoms with Crippen LogP contribution < -0.4 is 0 Å². The molecule has 0 N–H and O–H groups in total. The molecule has 0 aliphatic carbocycles. The van der Waals surface area contributed by atoms with Crippen molar-refractivity contribution < 1.29 is 4.52 Å². The van der Waals surface area contributed by atoms with Crippen LogP contribution in [0.2, 0.25) is 0 Å². The molecular formula is C19H23N5O. The summed E-state index contributed by atoms with van der Waals surface area (Å²) in [4.78, 5) is 11.2. The predicted molar refractivity (Wildman–Crippen MR) is 94.6 cm³/mol. The zero-order valence-electron chi connectivity index (χ0n) is 14.3. The molecule has 4 rings (SSSR count). The van der Waals surface area contributed by atoms with E-state index in [9.17, 15) is 0 Å². The maximum atomic E-state index is 5.45. The van der Waals surface area contributed by atoms with E-state index >= 15 is 0 Å². The van der Waals surface area contributed by atoms with Gasteiger partial charge < -0.3 is 9.09 Å². The van der Waals surface area contributed by atoms with Gasteiger partial charge in [0.2, 0.25) is 0 Å². The van der Waals surface area contributed by atoms with E-state index in [2.05, 4.69) is 24.6 Å². The van der Waals surface area contributed by atoms with Crippen LogP contribution in [0.3, 0.4) is 0 Å². The number of aromatic nitrogens is 4. The fourth-order valence-corrected chi connectivity index (χ4v) is 3.51. The van der Waals surface area contributed by atoms with Crippen molar-refractivity contribution in [1.29, 1.82) is 0 Å². The lowest BCUT2D eigenvalue weighted by Gasteiger charge is -2.35. The summed E-state index contributed by atoms with van der Waals surface area (Å²) < 4.78 is 7.59. The summed E-state index contributed by atoms with van der Waals surface area (Å²) in [5, 5.41) is 4.19. The normalized spacial score (nSPS) is 18.5. The number of rotatable bonds is 6. The molecule has 1 unspecified atom stereocenters. The molecule has 6 nitrogen and oxygen atoms in total. The zero-order chi connectivity index (χ0) is 16.9. The minimum absolute atomic E-state index is 0.565. The molecule has 0 amide bonds. The van der Waals surface area contributed by atoms with Crippen LogP contribution in [0.5, 0.6) is 0 Å². The van der Waals surface area contributed by atoms with Crippen LogP contribution in [-0.2, 0) is 13.1 Å².